The third-order valence-electron chi connectivity index (χ3n) is 3.73. The van der Waals surface area contributed by atoms with Crippen LogP contribution >= 0.6 is 0 Å². The van der Waals surface area contributed by atoms with E-state index in [1.807, 2.05) is 6.92 Å². The van der Waals surface area contributed by atoms with Gasteiger partial charge >= 0.3 is 5.97 Å². The zero-order chi connectivity index (χ0) is 14.7. The highest BCUT2D eigenvalue weighted by Gasteiger charge is 2.31. The van der Waals surface area contributed by atoms with Crippen LogP contribution in [0, 0.1) is 17.7 Å². The van der Waals surface area contributed by atoms with Crippen LogP contribution in [0.3, 0.4) is 0 Å². The van der Waals surface area contributed by atoms with E-state index in [9.17, 15) is 14.3 Å². The number of carbonyl (C=O) groups is 1. The molecule has 0 spiro atoms. The summed E-state index contributed by atoms with van der Waals surface area (Å²) < 4.78 is 12.9. The van der Waals surface area contributed by atoms with Crippen molar-refractivity contribution < 1.29 is 14.3 Å². The number of benzene rings is 1. The highest BCUT2D eigenvalue weighted by Crippen LogP contribution is 2.31. The molecule has 4 heteroatoms. The molecule has 0 heterocycles. The van der Waals surface area contributed by atoms with Crippen molar-refractivity contribution in [3.8, 4) is 0 Å². The maximum Gasteiger partial charge on any atom is 0.326 e. The van der Waals surface area contributed by atoms with Crippen LogP contribution in [0.15, 0.2) is 35.9 Å². The van der Waals surface area contributed by atoms with E-state index in [1.165, 1.54) is 17.7 Å². The number of hydrogen-bond donors (Lipinski definition) is 2. The van der Waals surface area contributed by atoms with Crippen LogP contribution in [0.2, 0.25) is 0 Å². The lowest BCUT2D eigenvalue weighted by atomic mass is 9.79. The van der Waals surface area contributed by atoms with Crippen LogP contribution in [-0.4, -0.2) is 17.1 Å². The Morgan fingerprint density at radius 2 is 2.05 bits per heavy atom. The van der Waals surface area contributed by atoms with Crippen LogP contribution < -0.4 is 5.32 Å². The Labute approximate surface area is 118 Å². The first kappa shape index (κ1) is 14.6. The maximum atomic E-state index is 12.9. The number of rotatable bonds is 4. The van der Waals surface area contributed by atoms with Crippen molar-refractivity contribution in [1.82, 2.24) is 0 Å². The van der Waals surface area contributed by atoms with E-state index in [1.54, 1.807) is 12.1 Å². The molecule has 1 aliphatic carbocycles. The van der Waals surface area contributed by atoms with Crippen molar-refractivity contribution in [2.45, 2.75) is 32.7 Å². The van der Waals surface area contributed by atoms with Gasteiger partial charge in [-0.25, -0.2) is 9.18 Å². The van der Waals surface area contributed by atoms with Gasteiger partial charge in [-0.1, -0.05) is 18.6 Å². The Morgan fingerprint density at radius 1 is 1.40 bits per heavy atom. The fourth-order valence-corrected chi connectivity index (χ4v) is 2.96. The molecule has 0 radical (unpaired) electrons. The SMILES string of the molecule is CC1=CC(C)CC(C(Nc2ccc(F)cc2)C(=O)O)C1. The molecule has 3 nitrogen and oxygen atoms in total. The summed E-state index contributed by atoms with van der Waals surface area (Å²) in [6, 6.07) is 5.15. The number of aliphatic carboxylic acids is 1. The molecule has 0 aliphatic heterocycles. The van der Waals surface area contributed by atoms with Crippen LogP contribution in [0.4, 0.5) is 10.1 Å². The summed E-state index contributed by atoms with van der Waals surface area (Å²) in [6.45, 7) is 4.14. The molecule has 1 aromatic rings. The van der Waals surface area contributed by atoms with E-state index >= 15 is 0 Å². The van der Waals surface area contributed by atoms with Crippen LogP contribution in [-0.2, 0) is 4.79 Å². The summed E-state index contributed by atoms with van der Waals surface area (Å²) >= 11 is 0. The van der Waals surface area contributed by atoms with Gasteiger partial charge in [0.2, 0.25) is 0 Å². The third-order valence-corrected chi connectivity index (χ3v) is 3.73. The first-order valence-electron chi connectivity index (χ1n) is 6.88. The Morgan fingerprint density at radius 3 is 2.60 bits per heavy atom. The summed E-state index contributed by atoms with van der Waals surface area (Å²) in [6.07, 6.45) is 3.84. The van der Waals surface area contributed by atoms with Crippen molar-refractivity contribution in [3.05, 3.63) is 41.7 Å². The Hall–Kier alpha value is -1.84. The minimum atomic E-state index is -0.860. The van der Waals surface area contributed by atoms with Crippen molar-refractivity contribution >= 4 is 11.7 Å². The maximum absolute atomic E-state index is 12.9. The predicted molar refractivity (Wildman–Crippen MR) is 77.1 cm³/mol. The first-order chi connectivity index (χ1) is 9.45. The number of allylic oxidation sites excluding steroid dienone is 2. The molecule has 3 unspecified atom stereocenters. The van der Waals surface area contributed by atoms with E-state index in [-0.39, 0.29) is 11.7 Å². The average Bonchev–Trinajstić information content (AvgIpc) is 2.36. The number of hydrogen-bond acceptors (Lipinski definition) is 2. The molecule has 20 heavy (non-hydrogen) atoms. The van der Waals surface area contributed by atoms with Crippen molar-refractivity contribution in [2.24, 2.45) is 11.8 Å². The number of carboxylic acid groups (broad SMARTS) is 1. The summed E-state index contributed by atoms with van der Waals surface area (Å²) in [4.78, 5) is 11.5. The second-order valence-corrected chi connectivity index (χ2v) is 5.66. The second kappa shape index (κ2) is 6.07. The molecule has 0 amide bonds. The highest BCUT2D eigenvalue weighted by atomic mass is 19.1. The molecule has 0 bridgehead atoms. The normalized spacial score (nSPS) is 23.9. The van der Waals surface area contributed by atoms with Crippen molar-refractivity contribution in [3.63, 3.8) is 0 Å². The quantitative estimate of drug-likeness (QED) is 0.825. The van der Waals surface area contributed by atoms with Gasteiger partial charge in [-0.3, -0.25) is 0 Å². The fourth-order valence-electron chi connectivity index (χ4n) is 2.96. The fraction of sp³-hybridized carbons (Fsp3) is 0.438. The molecule has 2 rings (SSSR count). The summed E-state index contributed by atoms with van der Waals surface area (Å²) in [7, 11) is 0. The third kappa shape index (κ3) is 3.59. The van der Waals surface area contributed by atoms with Crippen LogP contribution in [0.5, 0.6) is 0 Å². The zero-order valence-electron chi connectivity index (χ0n) is 11.8. The van der Waals surface area contributed by atoms with E-state index in [4.69, 9.17) is 0 Å². The minimum Gasteiger partial charge on any atom is -0.480 e. The van der Waals surface area contributed by atoms with Gasteiger partial charge < -0.3 is 10.4 Å². The molecule has 3 atom stereocenters. The van der Waals surface area contributed by atoms with Crippen LogP contribution in [0.25, 0.3) is 0 Å². The number of nitrogens with one attached hydrogen (secondary N) is 1. The van der Waals surface area contributed by atoms with Gasteiger partial charge in [-0.05, 0) is 55.9 Å². The van der Waals surface area contributed by atoms with Crippen molar-refractivity contribution in [1.29, 1.82) is 0 Å². The van der Waals surface area contributed by atoms with E-state index in [0.717, 1.165) is 12.8 Å². The Balaban J connectivity index is 2.13. The summed E-state index contributed by atoms with van der Waals surface area (Å²) in [5.41, 5.74) is 1.87. The topological polar surface area (TPSA) is 49.3 Å². The summed E-state index contributed by atoms with van der Waals surface area (Å²) in [5.74, 6) is -0.739. The predicted octanol–water partition coefficient (Wildman–Crippen LogP) is 3.68. The molecule has 0 aromatic heterocycles. The molecule has 0 saturated carbocycles. The Kier molecular flexibility index (Phi) is 4.42. The Bertz CT molecular complexity index is 510. The zero-order valence-corrected chi connectivity index (χ0v) is 11.8. The molecule has 0 saturated heterocycles. The lowest BCUT2D eigenvalue weighted by Crippen LogP contribution is -2.38. The number of halogens is 1. The summed E-state index contributed by atoms with van der Waals surface area (Å²) in [5, 5.41) is 12.5. The van der Waals surface area contributed by atoms with E-state index in [2.05, 4.69) is 18.3 Å². The molecule has 108 valence electrons. The first-order valence-corrected chi connectivity index (χ1v) is 6.88. The smallest absolute Gasteiger partial charge is 0.326 e. The van der Waals surface area contributed by atoms with Gasteiger partial charge in [0.05, 0.1) is 0 Å². The standard InChI is InChI=1S/C16H20FNO2/c1-10-7-11(2)9-12(8-10)15(16(19)20)18-14-5-3-13(17)4-6-14/h3-7,10,12,15,18H,8-9H2,1-2H3,(H,19,20). The lowest BCUT2D eigenvalue weighted by molar-refractivity contribution is -0.139. The lowest BCUT2D eigenvalue weighted by Gasteiger charge is -2.31. The number of anilines is 1. The minimum absolute atomic E-state index is 0.0533. The van der Waals surface area contributed by atoms with Gasteiger partial charge in [0.15, 0.2) is 0 Å². The van der Waals surface area contributed by atoms with Gasteiger partial charge in [0.25, 0.3) is 0 Å². The molecule has 2 N–H and O–H groups in total. The van der Waals surface area contributed by atoms with Gasteiger partial charge in [0, 0.05) is 5.69 Å². The van der Waals surface area contributed by atoms with Gasteiger partial charge in [-0.2, -0.15) is 0 Å². The molecule has 0 fully saturated rings. The largest absolute Gasteiger partial charge is 0.480 e. The molecule has 1 aromatic carbocycles. The van der Waals surface area contributed by atoms with Crippen molar-refractivity contribution in [2.75, 3.05) is 5.32 Å². The molecule has 1 aliphatic rings. The van der Waals surface area contributed by atoms with E-state index in [0.29, 0.717) is 11.6 Å². The average molecular weight is 277 g/mol. The molecular formula is C16H20FNO2. The van der Waals surface area contributed by atoms with Crippen LogP contribution in [0.1, 0.15) is 26.7 Å². The monoisotopic (exact) mass is 277 g/mol. The highest BCUT2D eigenvalue weighted by molar-refractivity contribution is 5.77. The molecular weight excluding hydrogens is 257 g/mol. The van der Waals surface area contributed by atoms with Gasteiger partial charge in [0.1, 0.15) is 11.9 Å². The van der Waals surface area contributed by atoms with Gasteiger partial charge in [-0.15, -0.1) is 0 Å². The van der Waals surface area contributed by atoms with E-state index < -0.39 is 12.0 Å². The second-order valence-electron chi connectivity index (χ2n) is 5.66. The number of carboxylic acids is 1.